The molecule has 26 heavy (non-hydrogen) atoms. The van der Waals surface area contributed by atoms with Gasteiger partial charge in [-0.2, -0.15) is 18.2 Å². The van der Waals surface area contributed by atoms with E-state index < -0.39 is 17.2 Å². The first kappa shape index (κ1) is 19.6. The Morgan fingerprint density at radius 3 is 2.19 bits per heavy atom. The van der Waals surface area contributed by atoms with Gasteiger partial charge in [0.1, 0.15) is 5.82 Å². The van der Waals surface area contributed by atoms with Crippen molar-refractivity contribution in [3.05, 3.63) is 46.6 Å². The first-order chi connectivity index (χ1) is 12.0. The maximum absolute atomic E-state index is 12.7. The summed E-state index contributed by atoms with van der Waals surface area (Å²) in [6.07, 6.45) is -4.35. The van der Waals surface area contributed by atoms with Crippen LogP contribution in [0.2, 0.25) is 0 Å². The predicted molar refractivity (Wildman–Crippen MR) is 96.7 cm³/mol. The Balaban J connectivity index is 2.39. The van der Waals surface area contributed by atoms with Crippen LogP contribution in [0.15, 0.2) is 24.3 Å². The van der Waals surface area contributed by atoms with E-state index in [1.54, 1.807) is 6.92 Å². The topological polar surface area (TPSA) is 63.8 Å². The Bertz CT molecular complexity index is 844. The van der Waals surface area contributed by atoms with Crippen molar-refractivity contribution in [2.75, 3.05) is 17.6 Å². The monoisotopic (exact) mass is 362 g/mol. The van der Waals surface area contributed by atoms with Gasteiger partial charge in [-0.05, 0) is 45.4 Å². The molecule has 138 valence electrons. The Kier molecular flexibility index (Phi) is 5.45. The Hall–Kier alpha value is -2.75. The van der Waals surface area contributed by atoms with Crippen LogP contribution in [0, 0.1) is 18.8 Å². The van der Waals surface area contributed by atoms with Crippen LogP contribution in [0.25, 0.3) is 0 Å². The second-order valence-corrected chi connectivity index (χ2v) is 6.37. The molecule has 0 aliphatic heterocycles. The Morgan fingerprint density at radius 2 is 1.65 bits per heavy atom. The molecular formula is C19H21F3N4. The lowest BCUT2D eigenvalue weighted by atomic mass is 9.84. The molecule has 0 saturated carbocycles. The zero-order chi connectivity index (χ0) is 19.5. The minimum absolute atomic E-state index is 0.158. The number of anilines is 2. The molecule has 2 aromatic rings. The average Bonchev–Trinajstić information content (AvgIpc) is 2.53. The van der Waals surface area contributed by atoms with Gasteiger partial charge in [0.25, 0.3) is 0 Å². The molecule has 1 aromatic heterocycles. The third-order valence-corrected chi connectivity index (χ3v) is 3.89. The van der Waals surface area contributed by atoms with Gasteiger partial charge in [-0.3, -0.25) is 0 Å². The summed E-state index contributed by atoms with van der Waals surface area (Å²) < 4.78 is 38.2. The number of halogens is 3. The highest BCUT2D eigenvalue weighted by Crippen LogP contribution is 2.31. The minimum Gasteiger partial charge on any atom is -0.369 e. The number of hydrogen-bond acceptors (Lipinski definition) is 4. The van der Waals surface area contributed by atoms with E-state index in [2.05, 4.69) is 27.1 Å². The van der Waals surface area contributed by atoms with Crippen LogP contribution in [-0.4, -0.2) is 16.5 Å². The summed E-state index contributed by atoms with van der Waals surface area (Å²) in [4.78, 5) is 8.29. The molecule has 0 aliphatic carbocycles. The molecule has 0 aliphatic rings. The van der Waals surface area contributed by atoms with Gasteiger partial charge < -0.3 is 11.1 Å². The number of aromatic nitrogens is 2. The molecule has 1 aromatic carbocycles. The summed E-state index contributed by atoms with van der Waals surface area (Å²) in [6, 6.07) is 5.05. The zero-order valence-electron chi connectivity index (χ0n) is 15.1. The van der Waals surface area contributed by atoms with Gasteiger partial charge in [0.05, 0.1) is 22.2 Å². The highest BCUT2D eigenvalue weighted by molar-refractivity contribution is 5.59. The fourth-order valence-electron chi connectivity index (χ4n) is 2.41. The van der Waals surface area contributed by atoms with E-state index in [0.717, 1.165) is 12.1 Å². The van der Waals surface area contributed by atoms with Crippen LogP contribution >= 0.6 is 0 Å². The summed E-state index contributed by atoms with van der Waals surface area (Å²) in [5, 5.41) is 3.10. The van der Waals surface area contributed by atoms with Crippen LogP contribution in [-0.2, 0) is 11.6 Å². The van der Waals surface area contributed by atoms with Crippen molar-refractivity contribution in [2.45, 2.75) is 39.3 Å². The number of nitrogens with zero attached hydrogens (tertiary/aromatic N) is 2. The van der Waals surface area contributed by atoms with Gasteiger partial charge >= 0.3 is 6.18 Å². The van der Waals surface area contributed by atoms with Gasteiger partial charge in [0, 0.05) is 6.54 Å². The first-order valence-electron chi connectivity index (χ1n) is 8.13. The van der Waals surface area contributed by atoms with Crippen LogP contribution in [0.1, 0.15) is 43.2 Å². The normalized spacial score (nSPS) is 11.7. The molecule has 0 fully saturated rings. The molecule has 4 nitrogen and oxygen atoms in total. The van der Waals surface area contributed by atoms with E-state index in [1.165, 1.54) is 12.1 Å². The molecule has 2 rings (SSSR count). The van der Waals surface area contributed by atoms with Crippen molar-refractivity contribution in [1.82, 2.24) is 9.97 Å². The Labute approximate surface area is 151 Å². The van der Waals surface area contributed by atoms with Crippen molar-refractivity contribution in [1.29, 1.82) is 0 Å². The molecule has 3 N–H and O–H groups in total. The van der Waals surface area contributed by atoms with Crippen molar-refractivity contribution in [2.24, 2.45) is 0 Å². The van der Waals surface area contributed by atoms with Crippen LogP contribution < -0.4 is 11.1 Å². The molecule has 1 heterocycles. The zero-order valence-corrected chi connectivity index (χ0v) is 15.1. The molecule has 0 saturated heterocycles. The lowest BCUT2D eigenvalue weighted by Gasteiger charge is -2.19. The van der Waals surface area contributed by atoms with E-state index >= 15 is 0 Å². The van der Waals surface area contributed by atoms with Gasteiger partial charge in [-0.15, -0.1) is 0 Å². The second-order valence-electron chi connectivity index (χ2n) is 6.37. The number of alkyl halides is 3. The Morgan fingerprint density at radius 1 is 1.08 bits per heavy atom. The van der Waals surface area contributed by atoms with Crippen molar-refractivity contribution in [3.63, 3.8) is 0 Å². The highest BCUT2D eigenvalue weighted by atomic mass is 19.4. The van der Waals surface area contributed by atoms with Gasteiger partial charge in [0.15, 0.2) is 0 Å². The molecule has 0 bridgehead atoms. The molecule has 0 amide bonds. The third kappa shape index (κ3) is 4.45. The van der Waals surface area contributed by atoms with Crippen LogP contribution in [0.5, 0.6) is 0 Å². The SMILES string of the molecule is CCNc1nc(N)nc(C)c1C#CC(C)(C)c1ccc(C(F)(F)F)cc1. The fraction of sp³-hybridized carbons (Fsp3) is 0.368. The van der Waals surface area contributed by atoms with Crippen LogP contribution in [0.3, 0.4) is 0 Å². The lowest BCUT2D eigenvalue weighted by Crippen LogP contribution is -2.15. The number of aryl methyl sites for hydroxylation is 1. The first-order valence-corrected chi connectivity index (χ1v) is 8.13. The number of nitrogens with one attached hydrogen (secondary N) is 1. The molecule has 0 unspecified atom stereocenters. The van der Waals surface area contributed by atoms with Gasteiger partial charge in [0.2, 0.25) is 5.95 Å². The van der Waals surface area contributed by atoms with E-state index in [9.17, 15) is 13.2 Å². The van der Waals surface area contributed by atoms with Gasteiger partial charge in [-0.1, -0.05) is 24.0 Å². The van der Waals surface area contributed by atoms with E-state index in [-0.39, 0.29) is 5.95 Å². The van der Waals surface area contributed by atoms with E-state index in [4.69, 9.17) is 5.73 Å². The van der Waals surface area contributed by atoms with Gasteiger partial charge in [-0.25, -0.2) is 4.98 Å². The number of nitrogens with two attached hydrogens (primary N) is 1. The lowest BCUT2D eigenvalue weighted by molar-refractivity contribution is -0.137. The summed E-state index contributed by atoms with van der Waals surface area (Å²) in [6.45, 7) is 8.06. The maximum atomic E-state index is 12.7. The molecule has 0 spiro atoms. The predicted octanol–water partition coefficient (Wildman–Crippen LogP) is 4.15. The molecule has 7 heteroatoms. The summed E-state index contributed by atoms with van der Waals surface area (Å²) in [5.41, 5.74) is 6.31. The maximum Gasteiger partial charge on any atom is 0.416 e. The summed E-state index contributed by atoms with van der Waals surface area (Å²) in [7, 11) is 0. The summed E-state index contributed by atoms with van der Waals surface area (Å²) >= 11 is 0. The van der Waals surface area contributed by atoms with Crippen molar-refractivity contribution < 1.29 is 13.2 Å². The second kappa shape index (κ2) is 7.24. The average molecular weight is 362 g/mol. The minimum atomic E-state index is -4.35. The molecular weight excluding hydrogens is 341 g/mol. The largest absolute Gasteiger partial charge is 0.416 e. The number of nitrogen functional groups attached to an aromatic ring is 1. The van der Waals surface area contributed by atoms with Crippen LogP contribution in [0.4, 0.5) is 24.9 Å². The standard InChI is InChI=1S/C19H21F3N4/c1-5-24-16-15(12(2)25-17(23)26-16)10-11-18(3,4)13-6-8-14(9-7-13)19(20,21)22/h6-9H,5H2,1-4H3,(H3,23,24,25,26). The fourth-order valence-corrected chi connectivity index (χ4v) is 2.41. The number of benzene rings is 1. The van der Waals surface area contributed by atoms with E-state index in [0.29, 0.717) is 29.2 Å². The molecule has 0 radical (unpaired) electrons. The third-order valence-electron chi connectivity index (χ3n) is 3.89. The molecule has 0 atom stereocenters. The quantitative estimate of drug-likeness (QED) is 0.806. The smallest absolute Gasteiger partial charge is 0.369 e. The van der Waals surface area contributed by atoms with E-state index in [1.807, 2.05) is 20.8 Å². The highest BCUT2D eigenvalue weighted by Gasteiger charge is 2.30. The van der Waals surface area contributed by atoms with Crippen molar-refractivity contribution in [3.8, 4) is 11.8 Å². The number of hydrogen-bond donors (Lipinski definition) is 2. The van der Waals surface area contributed by atoms with Crippen molar-refractivity contribution >= 4 is 11.8 Å². The summed E-state index contributed by atoms with van der Waals surface area (Å²) in [5.74, 6) is 6.89. The number of rotatable bonds is 3.